The molecule has 0 unspecified atom stereocenters. The molecular formula is C10H15F2N3O3. The van der Waals surface area contributed by atoms with Crippen molar-refractivity contribution in [3.8, 4) is 5.88 Å². The van der Waals surface area contributed by atoms with Crippen LogP contribution in [-0.2, 0) is 11.8 Å². The van der Waals surface area contributed by atoms with Gasteiger partial charge in [-0.1, -0.05) is 13.3 Å². The molecule has 1 rings (SSSR count). The number of carbonyl (C=O) groups excluding carboxylic acids is 1. The van der Waals surface area contributed by atoms with E-state index in [1.165, 1.54) is 17.9 Å². The molecule has 1 N–H and O–H groups in total. The zero-order valence-corrected chi connectivity index (χ0v) is 10.2. The van der Waals surface area contributed by atoms with E-state index >= 15 is 0 Å². The van der Waals surface area contributed by atoms with Gasteiger partial charge in [-0.3, -0.25) is 10.00 Å². The molecule has 1 heterocycles. The van der Waals surface area contributed by atoms with Crippen LogP contribution in [0, 0.1) is 0 Å². The van der Waals surface area contributed by atoms with E-state index < -0.39 is 12.7 Å². The van der Waals surface area contributed by atoms with E-state index in [1.807, 2.05) is 6.92 Å². The summed E-state index contributed by atoms with van der Waals surface area (Å²) < 4.78 is 34.4. The standard InChI is InChI=1S/C10H15F2N3O3/c1-3-4-5-17-10(16)13-7-6-15(2)14-8(7)18-9(11)12/h6,9H,3-5H2,1-2H3,(H,13,16). The van der Waals surface area contributed by atoms with Crippen LogP contribution in [0.4, 0.5) is 19.3 Å². The Morgan fingerprint density at radius 1 is 1.61 bits per heavy atom. The zero-order valence-electron chi connectivity index (χ0n) is 10.2. The Hall–Kier alpha value is -1.86. The van der Waals surface area contributed by atoms with Gasteiger partial charge in [0.15, 0.2) is 0 Å². The molecule has 0 fully saturated rings. The van der Waals surface area contributed by atoms with Crippen LogP contribution < -0.4 is 10.1 Å². The van der Waals surface area contributed by atoms with Crippen molar-refractivity contribution < 1.29 is 23.0 Å². The van der Waals surface area contributed by atoms with Crippen molar-refractivity contribution in [2.45, 2.75) is 26.4 Å². The summed E-state index contributed by atoms with van der Waals surface area (Å²) >= 11 is 0. The molecule has 0 saturated heterocycles. The van der Waals surface area contributed by atoms with Crippen LogP contribution in [0.3, 0.4) is 0 Å². The van der Waals surface area contributed by atoms with Gasteiger partial charge < -0.3 is 9.47 Å². The van der Waals surface area contributed by atoms with Crippen LogP contribution >= 0.6 is 0 Å². The number of nitrogens with one attached hydrogen (secondary N) is 1. The second-order valence-corrected chi connectivity index (χ2v) is 3.51. The minimum Gasteiger partial charge on any atom is -0.449 e. The Morgan fingerprint density at radius 3 is 2.94 bits per heavy atom. The van der Waals surface area contributed by atoms with Gasteiger partial charge in [-0.05, 0) is 6.42 Å². The number of hydrogen-bond acceptors (Lipinski definition) is 4. The van der Waals surface area contributed by atoms with E-state index in [-0.39, 0.29) is 18.2 Å². The van der Waals surface area contributed by atoms with Gasteiger partial charge in [0.2, 0.25) is 0 Å². The van der Waals surface area contributed by atoms with E-state index in [0.717, 1.165) is 12.8 Å². The van der Waals surface area contributed by atoms with Gasteiger partial charge in [-0.15, -0.1) is 5.10 Å². The van der Waals surface area contributed by atoms with Crippen molar-refractivity contribution in [1.29, 1.82) is 0 Å². The number of amides is 1. The molecule has 0 atom stereocenters. The lowest BCUT2D eigenvalue weighted by molar-refractivity contribution is -0.0526. The molecule has 0 aliphatic carbocycles. The van der Waals surface area contributed by atoms with Crippen molar-refractivity contribution >= 4 is 11.8 Å². The third-order valence-electron chi connectivity index (χ3n) is 1.96. The van der Waals surface area contributed by atoms with Gasteiger partial charge in [-0.25, -0.2) is 4.79 Å². The summed E-state index contributed by atoms with van der Waals surface area (Å²) in [5.74, 6) is -0.347. The van der Waals surface area contributed by atoms with E-state index in [9.17, 15) is 13.6 Å². The molecule has 102 valence electrons. The van der Waals surface area contributed by atoms with Crippen molar-refractivity contribution in [2.75, 3.05) is 11.9 Å². The summed E-state index contributed by atoms with van der Waals surface area (Å²) in [6.45, 7) is -0.776. The van der Waals surface area contributed by atoms with Crippen molar-refractivity contribution in [3.63, 3.8) is 0 Å². The summed E-state index contributed by atoms with van der Waals surface area (Å²) in [7, 11) is 1.52. The molecule has 0 aliphatic rings. The normalized spacial score (nSPS) is 10.5. The Bertz CT molecular complexity index is 396. The summed E-state index contributed by atoms with van der Waals surface area (Å²) in [5.41, 5.74) is 0.0410. The Balaban J connectivity index is 2.57. The lowest BCUT2D eigenvalue weighted by Crippen LogP contribution is -2.15. The van der Waals surface area contributed by atoms with E-state index in [2.05, 4.69) is 15.2 Å². The second-order valence-electron chi connectivity index (χ2n) is 3.51. The van der Waals surface area contributed by atoms with Crippen molar-refractivity contribution in [3.05, 3.63) is 6.20 Å². The smallest absolute Gasteiger partial charge is 0.411 e. The van der Waals surface area contributed by atoms with Gasteiger partial charge in [0.05, 0.1) is 12.8 Å². The lowest BCUT2D eigenvalue weighted by atomic mass is 10.4. The van der Waals surface area contributed by atoms with Gasteiger partial charge in [0.1, 0.15) is 5.69 Å². The average molecular weight is 263 g/mol. The monoisotopic (exact) mass is 263 g/mol. The van der Waals surface area contributed by atoms with Gasteiger partial charge in [-0.2, -0.15) is 8.78 Å². The largest absolute Gasteiger partial charge is 0.449 e. The molecule has 0 aliphatic heterocycles. The lowest BCUT2D eigenvalue weighted by Gasteiger charge is -2.06. The minimum absolute atomic E-state index is 0.0410. The minimum atomic E-state index is -3.00. The number of ether oxygens (including phenoxy) is 2. The predicted molar refractivity (Wildman–Crippen MR) is 59.7 cm³/mol. The summed E-state index contributed by atoms with van der Waals surface area (Å²) in [5, 5.41) is 5.94. The first-order valence-corrected chi connectivity index (χ1v) is 5.45. The zero-order chi connectivity index (χ0) is 13.5. The Morgan fingerprint density at radius 2 is 2.33 bits per heavy atom. The van der Waals surface area contributed by atoms with Crippen LogP contribution in [-0.4, -0.2) is 29.1 Å². The first-order valence-electron chi connectivity index (χ1n) is 5.45. The van der Waals surface area contributed by atoms with E-state index in [0.29, 0.717) is 0 Å². The van der Waals surface area contributed by atoms with Gasteiger partial charge in [0.25, 0.3) is 5.88 Å². The van der Waals surface area contributed by atoms with Crippen molar-refractivity contribution in [2.24, 2.45) is 7.05 Å². The van der Waals surface area contributed by atoms with E-state index in [1.54, 1.807) is 0 Å². The number of anilines is 1. The fourth-order valence-electron chi connectivity index (χ4n) is 1.18. The number of hydrogen-bond donors (Lipinski definition) is 1. The molecule has 1 aromatic heterocycles. The molecule has 6 nitrogen and oxygen atoms in total. The SMILES string of the molecule is CCCCOC(=O)Nc1cn(C)nc1OC(F)F. The first kappa shape index (κ1) is 14.2. The topological polar surface area (TPSA) is 65.4 Å². The Kier molecular flexibility index (Phi) is 5.34. The van der Waals surface area contributed by atoms with Gasteiger partial charge in [0, 0.05) is 7.05 Å². The third-order valence-corrected chi connectivity index (χ3v) is 1.96. The van der Waals surface area contributed by atoms with E-state index in [4.69, 9.17) is 4.74 Å². The molecule has 1 aromatic rings. The number of rotatable bonds is 6. The molecule has 8 heteroatoms. The van der Waals surface area contributed by atoms with Crippen LogP contribution in [0.1, 0.15) is 19.8 Å². The number of halogens is 2. The van der Waals surface area contributed by atoms with Crippen LogP contribution in [0.25, 0.3) is 0 Å². The fraction of sp³-hybridized carbons (Fsp3) is 0.600. The highest BCUT2D eigenvalue weighted by Crippen LogP contribution is 2.23. The molecule has 0 radical (unpaired) electrons. The maximum atomic E-state index is 12.1. The fourth-order valence-corrected chi connectivity index (χ4v) is 1.18. The van der Waals surface area contributed by atoms with Crippen LogP contribution in [0.2, 0.25) is 0 Å². The predicted octanol–water partition coefficient (Wildman–Crippen LogP) is 2.37. The number of aromatic nitrogens is 2. The highest BCUT2D eigenvalue weighted by atomic mass is 19.3. The molecule has 0 spiro atoms. The van der Waals surface area contributed by atoms with Crippen molar-refractivity contribution in [1.82, 2.24) is 9.78 Å². The molecule has 1 amide bonds. The highest BCUT2D eigenvalue weighted by Gasteiger charge is 2.16. The maximum Gasteiger partial charge on any atom is 0.411 e. The van der Waals surface area contributed by atoms with Crippen LogP contribution in [0.15, 0.2) is 6.20 Å². The molecular weight excluding hydrogens is 248 g/mol. The first-order chi connectivity index (χ1) is 8.52. The Labute approximate surface area is 103 Å². The third kappa shape index (κ3) is 4.56. The maximum absolute atomic E-state index is 12.1. The quantitative estimate of drug-likeness (QED) is 0.800. The average Bonchev–Trinajstić information content (AvgIpc) is 2.58. The van der Waals surface area contributed by atoms with Gasteiger partial charge >= 0.3 is 12.7 Å². The summed E-state index contributed by atoms with van der Waals surface area (Å²) in [6.07, 6.45) is 2.25. The summed E-state index contributed by atoms with van der Waals surface area (Å²) in [6, 6.07) is 0. The van der Waals surface area contributed by atoms with Crippen LogP contribution in [0.5, 0.6) is 5.88 Å². The number of aryl methyl sites for hydroxylation is 1. The number of carbonyl (C=O) groups is 1. The molecule has 0 aromatic carbocycles. The number of unbranched alkanes of at least 4 members (excludes halogenated alkanes) is 1. The molecule has 0 bridgehead atoms. The number of nitrogens with zero attached hydrogens (tertiary/aromatic N) is 2. The summed E-state index contributed by atoms with van der Waals surface area (Å²) in [4.78, 5) is 11.3. The highest BCUT2D eigenvalue weighted by molar-refractivity contribution is 5.85. The second kappa shape index (κ2) is 6.77. The molecule has 18 heavy (non-hydrogen) atoms. The number of alkyl halides is 2. The molecule has 0 saturated carbocycles.